The van der Waals surface area contributed by atoms with Gasteiger partial charge in [0.25, 0.3) is 0 Å². The number of fused-ring (bicyclic) bond motifs is 1. The van der Waals surface area contributed by atoms with Gasteiger partial charge in [-0.1, -0.05) is 39.5 Å². The van der Waals surface area contributed by atoms with E-state index in [1.807, 2.05) is 0 Å². The van der Waals surface area contributed by atoms with Crippen LogP contribution in [0.15, 0.2) is 0 Å². The highest BCUT2D eigenvalue weighted by Crippen LogP contribution is 2.44. The number of hydrogen-bond donors (Lipinski definition) is 0. The van der Waals surface area contributed by atoms with Gasteiger partial charge in [0.15, 0.2) is 0 Å². The van der Waals surface area contributed by atoms with E-state index in [1.54, 1.807) is 0 Å². The van der Waals surface area contributed by atoms with E-state index in [-0.39, 0.29) is 0 Å². The van der Waals surface area contributed by atoms with Gasteiger partial charge in [0.2, 0.25) is 0 Å². The lowest BCUT2D eigenvalue weighted by Crippen LogP contribution is -2.24. The van der Waals surface area contributed by atoms with E-state index in [0.717, 1.165) is 11.8 Å². The molecule has 0 aromatic heterocycles. The molecule has 2 aliphatic rings. The number of ether oxygens (including phenoxy) is 1. The zero-order chi connectivity index (χ0) is 9.97. The van der Waals surface area contributed by atoms with E-state index in [4.69, 9.17) is 4.74 Å². The second-order valence-corrected chi connectivity index (χ2v) is 5.02. The van der Waals surface area contributed by atoms with Crippen molar-refractivity contribution in [2.75, 3.05) is 0 Å². The van der Waals surface area contributed by atoms with Gasteiger partial charge in [-0.25, -0.2) is 0 Å². The summed E-state index contributed by atoms with van der Waals surface area (Å²) in [6, 6.07) is 0. The number of rotatable bonds is 3. The van der Waals surface area contributed by atoms with Gasteiger partial charge in [0.1, 0.15) is 0 Å². The first kappa shape index (κ1) is 10.5. The molecule has 1 saturated heterocycles. The molecule has 4 atom stereocenters. The van der Waals surface area contributed by atoms with E-state index in [0.29, 0.717) is 12.2 Å². The first-order valence-corrected chi connectivity index (χ1v) is 6.52. The lowest BCUT2D eigenvalue weighted by molar-refractivity contribution is 0.0117. The lowest BCUT2D eigenvalue weighted by atomic mass is 9.77. The maximum Gasteiger partial charge on any atom is 0.0610 e. The van der Waals surface area contributed by atoms with Crippen LogP contribution in [0.3, 0.4) is 0 Å². The molecule has 0 N–H and O–H groups in total. The second-order valence-electron chi connectivity index (χ2n) is 5.02. The summed E-state index contributed by atoms with van der Waals surface area (Å²) in [4.78, 5) is 0. The highest BCUT2D eigenvalue weighted by atomic mass is 16.5. The third-order valence-electron chi connectivity index (χ3n) is 4.18. The van der Waals surface area contributed by atoms with E-state index in [1.165, 1.54) is 44.9 Å². The molecule has 0 aromatic rings. The maximum atomic E-state index is 6.21. The number of hydrogen-bond acceptors (Lipinski definition) is 1. The van der Waals surface area contributed by atoms with Crippen molar-refractivity contribution in [2.24, 2.45) is 11.8 Å². The molecular weight excluding hydrogens is 172 g/mol. The Morgan fingerprint density at radius 1 is 1.14 bits per heavy atom. The Bertz CT molecular complexity index is 178. The summed E-state index contributed by atoms with van der Waals surface area (Å²) in [5.74, 6) is 1.78. The van der Waals surface area contributed by atoms with Crippen molar-refractivity contribution in [1.82, 2.24) is 0 Å². The standard InChI is InChI=1S/C13H24O/c1-3-7-12-10(4-2)11-8-5-6-9-13(11)14-12/h10-13H,3-9H2,1-2H3/t10?,11?,12?,13-/m0/s1. The van der Waals surface area contributed by atoms with Crippen LogP contribution in [0, 0.1) is 11.8 Å². The predicted octanol–water partition coefficient (Wildman–Crippen LogP) is 3.77. The van der Waals surface area contributed by atoms with Crippen LogP contribution in [0.4, 0.5) is 0 Å². The summed E-state index contributed by atoms with van der Waals surface area (Å²) >= 11 is 0. The summed E-state index contributed by atoms with van der Waals surface area (Å²) in [7, 11) is 0. The molecule has 2 rings (SSSR count). The van der Waals surface area contributed by atoms with Crippen molar-refractivity contribution in [2.45, 2.75) is 71.0 Å². The Balaban J connectivity index is 2.00. The molecule has 1 aliphatic heterocycles. The molecular formula is C13H24O. The Kier molecular flexibility index (Phi) is 3.48. The van der Waals surface area contributed by atoms with Crippen molar-refractivity contribution in [1.29, 1.82) is 0 Å². The van der Waals surface area contributed by atoms with Crippen LogP contribution in [0.2, 0.25) is 0 Å². The molecule has 0 amide bonds. The van der Waals surface area contributed by atoms with Crippen molar-refractivity contribution in [3.05, 3.63) is 0 Å². The van der Waals surface area contributed by atoms with Crippen LogP contribution < -0.4 is 0 Å². The van der Waals surface area contributed by atoms with Gasteiger partial charge in [0, 0.05) is 0 Å². The highest BCUT2D eigenvalue weighted by Gasteiger charge is 2.43. The molecule has 1 heterocycles. The fraction of sp³-hybridized carbons (Fsp3) is 1.00. The summed E-state index contributed by atoms with van der Waals surface area (Å²) in [5.41, 5.74) is 0. The van der Waals surface area contributed by atoms with Gasteiger partial charge in [0.05, 0.1) is 12.2 Å². The van der Waals surface area contributed by atoms with Crippen molar-refractivity contribution in [3.8, 4) is 0 Å². The van der Waals surface area contributed by atoms with Crippen LogP contribution in [-0.2, 0) is 4.74 Å². The molecule has 2 fully saturated rings. The molecule has 0 radical (unpaired) electrons. The molecule has 3 unspecified atom stereocenters. The zero-order valence-corrected chi connectivity index (χ0v) is 9.67. The fourth-order valence-corrected chi connectivity index (χ4v) is 3.52. The summed E-state index contributed by atoms with van der Waals surface area (Å²) < 4.78 is 6.21. The monoisotopic (exact) mass is 196 g/mol. The molecule has 82 valence electrons. The maximum absolute atomic E-state index is 6.21. The van der Waals surface area contributed by atoms with Crippen LogP contribution in [-0.4, -0.2) is 12.2 Å². The van der Waals surface area contributed by atoms with Gasteiger partial charge in [-0.15, -0.1) is 0 Å². The third kappa shape index (κ3) is 1.84. The Morgan fingerprint density at radius 2 is 1.93 bits per heavy atom. The van der Waals surface area contributed by atoms with E-state index >= 15 is 0 Å². The minimum atomic E-state index is 0.595. The van der Waals surface area contributed by atoms with Crippen LogP contribution >= 0.6 is 0 Å². The topological polar surface area (TPSA) is 9.23 Å². The van der Waals surface area contributed by atoms with Crippen molar-refractivity contribution < 1.29 is 4.74 Å². The van der Waals surface area contributed by atoms with Crippen molar-refractivity contribution in [3.63, 3.8) is 0 Å². The quantitative estimate of drug-likeness (QED) is 0.667. The summed E-state index contributed by atoms with van der Waals surface area (Å²) in [5, 5.41) is 0. The molecule has 1 saturated carbocycles. The highest BCUT2D eigenvalue weighted by molar-refractivity contribution is 4.91. The first-order valence-electron chi connectivity index (χ1n) is 6.52. The Morgan fingerprint density at radius 3 is 2.64 bits per heavy atom. The van der Waals surface area contributed by atoms with Gasteiger partial charge >= 0.3 is 0 Å². The van der Waals surface area contributed by atoms with Gasteiger partial charge in [-0.2, -0.15) is 0 Å². The van der Waals surface area contributed by atoms with Crippen LogP contribution in [0.25, 0.3) is 0 Å². The third-order valence-corrected chi connectivity index (χ3v) is 4.18. The molecule has 0 bridgehead atoms. The minimum absolute atomic E-state index is 0.595. The van der Waals surface area contributed by atoms with Crippen LogP contribution in [0.1, 0.15) is 58.8 Å². The Labute approximate surface area is 88.2 Å². The van der Waals surface area contributed by atoms with Gasteiger partial charge < -0.3 is 4.74 Å². The molecule has 0 spiro atoms. The molecule has 1 aliphatic carbocycles. The van der Waals surface area contributed by atoms with E-state index < -0.39 is 0 Å². The summed E-state index contributed by atoms with van der Waals surface area (Å²) in [6.45, 7) is 4.62. The van der Waals surface area contributed by atoms with Gasteiger partial charge in [-0.3, -0.25) is 0 Å². The molecule has 1 nitrogen and oxygen atoms in total. The predicted molar refractivity (Wildman–Crippen MR) is 59.3 cm³/mol. The average Bonchev–Trinajstić information content (AvgIpc) is 2.55. The smallest absolute Gasteiger partial charge is 0.0610 e. The van der Waals surface area contributed by atoms with E-state index in [2.05, 4.69) is 13.8 Å². The second kappa shape index (κ2) is 4.65. The molecule has 14 heavy (non-hydrogen) atoms. The van der Waals surface area contributed by atoms with Crippen LogP contribution in [0.5, 0.6) is 0 Å². The van der Waals surface area contributed by atoms with E-state index in [9.17, 15) is 0 Å². The van der Waals surface area contributed by atoms with Gasteiger partial charge in [-0.05, 0) is 31.1 Å². The normalized spacial score (nSPS) is 42.4. The average molecular weight is 196 g/mol. The first-order chi connectivity index (χ1) is 6.86. The minimum Gasteiger partial charge on any atom is -0.374 e. The Hall–Kier alpha value is -0.0400. The fourth-order valence-electron chi connectivity index (χ4n) is 3.52. The molecule has 0 aromatic carbocycles. The lowest BCUT2D eigenvalue weighted by Gasteiger charge is -2.26. The molecule has 1 heteroatoms. The summed E-state index contributed by atoms with van der Waals surface area (Å²) in [6.07, 6.45) is 10.7. The van der Waals surface area contributed by atoms with Crippen molar-refractivity contribution >= 4 is 0 Å². The zero-order valence-electron chi connectivity index (χ0n) is 9.67. The largest absolute Gasteiger partial charge is 0.374 e. The SMILES string of the molecule is CCCC1O[C@H]2CCCCC2C1CC.